The Labute approximate surface area is 141 Å². The van der Waals surface area contributed by atoms with Crippen molar-refractivity contribution in [3.05, 3.63) is 36.0 Å². The highest BCUT2D eigenvalue weighted by molar-refractivity contribution is 5.99. The Morgan fingerprint density at radius 2 is 1.79 bits per heavy atom. The molecular formula is C20H23N3O. The summed E-state index contributed by atoms with van der Waals surface area (Å²) in [5, 5.41) is 5.41. The molecule has 24 heavy (non-hydrogen) atoms. The van der Waals surface area contributed by atoms with Gasteiger partial charge < -0.3 is 4.98 Å². The maximum Gasteiger partial charge on any atom is 0.246 e. The standard InChI is InChI=1S/C20H23N3O/c24-19(20-8-13-5-14(9-20)7-15(6-13)10-20)23-22-12-16-11-21-18-4-2-1-3-17(16)18/h1-4,11-15,21H,5-10H2,(H,23,24). The lowest BCUT2D eigenvalue weighted by atomic mass is 9.49. The van der Waals surface area contributed by atoms with E-state index in [1.54, 1.807) is 6.21 Å². The van der Waals surface area contributed by atoms with Gasteiger partial charge in [0.05, 0.1) is 11.6 Å². The second kappa shape index (κ2) is 5.20. The second-order valence-electron chi connectivity index (χ2n) is 8.19. The molecule has 4 aliphatic rings. The summed E-state index contributed by atoms with van der Waals surface area (Å²) in [6.45, 7) is 0. The van der Waals surface area contributed by atoms with Crippen molar-refractivity contribution in [1.29, 1.82) is 0 Å². The van der Waals surface area contributed by atoms with E-state index in [0.29, 0.717) is 0 Å². The molecule has 4 saturated carbocycles. The molecule has 0 spiro atoms. The van der Waals surface area contributed by atoms with Crippen LogP contribution >= 0.6 is 0 Å². The third kappa shape index (κ3) is 2.20. The molecule has 0 radical (unpaired) electrons. The summed E-state index contributed by atoms with van der Waals surface area (Å²) in [4.78, 5) is 16.1. The van der Waals surface area contributed by atoms with Crippen molar-refractivity contribution >= 4 is 23.0 Å². The highest BCUT2D eigenvalue weighted by atomic mass is 16.2. The summed E-state index contributed by atoms with van der Waals surface area (Å²) in [6, 6.07) is 8.13. The van der Waals surface area contributed by atoms with Gasteiger partial charge in [-0.25, -0.2) is 5.43 Å². The maximum absolute atomic E-state index is 12.9. The summed E-state index contributed by atoms with van der Waals surface area (Å²) in [5.74, 6) is 2.48. The van der Waals surface area contributed by atoms with Crippen LogP contribution in [0.15, 0.2) is 35.6 Å². The van der Waals surface area contributed by atoms with Crippen molar-refractivity contribution < 1.29 is 4.79 Å². The van der Waals surface area contributed by atoms with Crippen LogP contribution in [0.2, 0.25) is 0 Å². The molecule has 2 aromatic rings. The Morgan fingerprint density at radius 3 is 2.50 bits per heavy atom. The molecule has 0 aliphatic heterocycles. The van der Waals surface area contributed by atoms with Gasteiger partial charge in [-0.2, -0.15) is 5.10 Å². The van der Waals surface area contributed by atoms with E-state index in [1.807, 2.05) is 24.4 Å². The number of aromatic nitrogens is 1. The minimum atomic E-state index is -0.133. The first kappa shape index (κ1) is 14.3. The molecule has 0 saturated heterocycles. The molecule has 4 heteroatoms. The topological polar surface area (TPSA) is 57.2 Å². The number of fused-ring (bicyclic) bond motifs is 1. The molecule has 4 nitrogen and oxygen atoms in total. The number of aromatic amines is 1. The Kier molecular flexibility index (Phi) is 3.09. The van der Waals surface area contributed by atoms with Gasteiger partial charge in [-0.15, -0.1) is 0 Å². The highest BCUT2D eigenvalue weighted by Crippen LogP contribution is 2.60. The largest absolute Gasteiger partial charge is 0.361 e. The molecule has 2 N–H and O–H groups in total. The fourth-order valence-corrected chi connectivity index (χ4v) is 5.87. The average Bonchev–Trinajstić information content (AvgIpc) is 2.97. The lowest BCUT2D eigenvalue weighted by molar-refractivity contribution is -0.146. The average molecular weight is 321 g/mol. The smallest absolute Gasteiger partial charge is 0.246 e. The Hall–Kier alpha value is -2.10. The van der Waals surface area contributed by atoms with Gasteiger partial charge in [0, 0.05) is 22.7 Å². The summed E-state index contributed by atoms with van der Waals surface area (Å²) < 4.78 is 0. The van der Waals surface area contributed by atoms with E-state index in [1.165, 1.54) is 19.3 Å². The number of carbonyl (C=O) groups excluding carboxylic acids is 1. The fraction of sp³-hybridized carbons (Fsp3) is 0.500. The van der Waals surface area contributed by atoms with Gasteiger partial charge in [-0.3, -0.25) is 4.79 Å². The van der Waals surface area contributed by atoms with E-state index in [2.05, 4.69) is 21.6 Å². The minimum absolute atomic E-state index is 0.133. The van der Waals surface area contributed by atoms with Gasteiger partial charge in [-0.05, 0) is 62.3 Å². The van der Waals surface area contributed by atoms with E-state index in [9.17, 15) is 4.79 Å². The number of H-pyrrole nitrogens is 1. The molecule has 1 aromatic heterocycles. The van der Waals surface area contributed by atoms with Crippen LogP contribution in [0.1, 0.15) is 44.1 Å². The van der Waals surface area contributed by atoms with E-state index in [0.717, 1.165) is 53.5 Å². The third-order valence-corrected chi connectivity index (χ3v) is 6.51. The fourth-order valence-electron chi connectivity index (χ4n) is 5.87. The number of hydrogen-bond acceptors (Lipinski definition) is 2. The molecule has 1 amide bonds. The number of nitrogens with one attached hydrogen (secondary N) is 2. The number of hydrogen-bond donors (Lipinski definition) is 2. The van der Waals surface area contributed by atoms with Gasteiger partial charge >= 0.3 is 0 Å². The van der Waals surface area contributed by atoms with Crippen molar-refractivity contribution in [2.24, 2.45) is 28.3 Å². The summed E-state index contributed by atoms with van der Waals surface area (Å²) in [6.07, 6.45) is 11.0. The van der Waals surface area contributed by atoms with E-state index < -0.39 is 0 Å². The number of amides is 1. The van der Waals surface area contributed by atoms with E-state index in [-0.39, 0.29) is 11.3 Å². The van der Waals surface area contributed by atoms with E-state index in [4.69, 9.17) is 0 Å². The van der Waals surface area contributed by atoms with Crippen molar-refractivity contribution in [2.75, 3.05) is 0 Å². The minimum Gasteiger partial charge on any atom is -0.361 e. The lowest BCUT2D eigenvalue weighted by Crippen LogP contribution is -2.52. The number of carbonyl (C=O) groups is 1. The van der Waals surface area contributed by atoms with E-state index >= 15 is 0 Å². The molecule has 6 rings (SSSR count). The zero-order valence-electron chi connectivity index (χ0n) is 13.8. The predicted octanol–water partition coefficient (Wildman–Crippen LogP) is 3.83. The van der Waals surface area contributed by atoms with Crippen molar-refractivity contribution in [1.82, 2.24) is 10.4 Å². The van der Waals surface area contributed by atoms with Crippen LogP contribution in [0.25, 0.3) is 10.9 Å². The number of nitrogens with zero attached hydrogens (tertiary/aromatic N) is 1. The zero-order chi connectivity index (χ0) is 16.1. The van der Waals surface area contributed by atoms with Crippen LogP contribution in [0.4, 0.5) is 0 Å². The molecule has 4 aliphatic carbocycles. The van der Waals surface area contributed by atoms with Gasteiger partial charge in [0.1, 0.15) is 0 Å². The van der Waals surface area contributed by atoms with Crippen molar-refractivity contribution in [3.63, 3.8) is 0 Å². The first-order chi connectivity index (χ1) is 11.7. The van der Waals surface area contributed by atoms with Crippen LogP contribution in [0.5, 0.6) is 0 Å². The number of rotatable bonds is 3. The number of hydrazone groups is 1. The zero-order valence-corrected chi connectivity index (χ0v) is 13.8. The van der Waals surface area contributed by atoms with Crippen molar-refractivity contribution in [2.45, 2.75) is 38.5 Å². The lowest BCUT2D eigenvalue weighted by Gasteiger charge is -2.55. The molecular weight excluding hydrogens is 298 g/mol. The molecule has 0 unspecified atom stereocenters. The second-order valence-corrected chi connectivity index (χ2v) is 8.19. The first-order valence-electron chi connectivity index (χ1n) is 9.11. The number of benzene rings is 1. The third-order valence-electron chi connectivity index (χ3n) is 6.51. The van der Waals surface area contributed by atoms with Crippen LogP contribution < -0.4 is 5.43 Å². The molecule has 4 bridgehead atoms. The normalized spacial score (nSPS) is 34.2. The van der Waals surface area contributed by atoms with Gasteiger partial charge in [0.2, 0.25) is 5.91 Å². The summed E-state index contributed by atoms with van der Waals surface area (Å²) in [5.41, 5.74) is 4.83. The molecule has 1 heterocycles. The van der Waals surface area contributed by atoms with Crippen molar-refractivity contribution in [3.8, 4) is 0 Å². The molecule has 1 aromatic carbocycles. The Balaban J connectivity index is 1.32. The van der Waals surface area contributed by atoms with Crippen LogP contribution in [-0.2, 0) is 4.79 Å². The van der Waals surface area contributed by atoms with Gasteiger partial charge in [0.15, 0.2) is 0 Å². The Morgan fingerprint density at radius 1 is 1.12 bits per heavy atom. The van der Waals surface area contributed by atoms with Gasteiger partial charge in [-0.1, -0.05) is 18.2 Å². The predicted molar refractivity (Wildman–Crippen MR) is 94.6 cm³/mol. The SMILES string of the molecule is O=C(NN=Cc1c[nH]c2ccccc12)C12CC3CC(CC(C3)C1)C2. The quantitative estimate of drug-likeness (QED) is 0.655. The number of para-hydroxylation sites is 1. The molecule has 0 atom stereocenters. The highest BCUT2D eigenvalue weighted by Gasteiger charge is 2.54. The van der Waals surface area contributed by atoms with Crippen LogP contribution in [0, 0.1) is 23.2 Å². The summed E-state index contributed by atoms with van der Waals surface area (Å²) >= 11 is 0. The van der Waals surface area contributed by atoms with Gasteiger partial charge in [0.25, 0.3) is 0 Å². The van der Waals surface area contributed by atoms with Crippen LogP contribution in [0.3, 0.4) is 0 Å². The summed E-state index contributed by atoms with van der Waals surface area (Å²) in [7, 11) is 0. The maximum atomic E-state index is 12.9. The molecule has 4 fully saturated rings. The molecule has 124 valence electrons. The van der Waals surface area contributed by atoms with Crippen LogP contribution in [-0.4, -0.2) is 17.1 Å². The monoisotopic (exact) mass is 321 g/mol. The first-order valence-corrected chi connectivity index (χ1v) is 9.11. The Bertz CT molecular complexity index is 784.